The van der Waals surface area contributed by atoms with Crippen LogP contribution < -0.4 is 11.5 Å². The zero-order valence-corrected chi connectivity index (χ0v) is 7.08. The highest BCUT2D eigenvalue weighted by molar-refractivity contribution is 4.45. The molecule has 11 heavy (non-hydrogen) atoms. The molecular formula is C7H18N2O2. The van der Waals surface area contributed by atoms with Crippen molar-refractivity contribution >= 4 is 0 Å². The van der Waals surface area contributed by atoms with E-state index >= 15 is 0 Å². The summed E-state index contributed by atoms with van der Waals surface area (Å²) >= 11 is 0. The van der Waals surface area contributed by atoms with Gasteiger partial charge in [-0.05, 0) is 6.42 Å². The number of rotatable bonds is 7. The molecular weight excluding hydrogens is 144 g/mol. The van der Waals surface area contributed by atoms with Crippen LogP contribution in [0, 0.1) is 0 Å². The fourth-order valence-electron chi connectivity index (χ4n) is 0.584. The first-order valence-electron chi connectivity index (χ1n) is 3.94. The summed E-state index contributed by atoms with van der Waals surface area (Å²) in [7, 11) is 0. The minimum Gasteiger partial charge on any atom is -0.379 e. The first-order chi connectivity index (χ1) is 5.27. The average Bonchev–Trinajstić information content (AvgIpc) is 1.96. The molecule has 0 unspecified atom stereocenters. The highest BCUT2D eigenvalue weighted by atomic mass is 16.5. The lowest BCUT2D eigenvalue weighted by Crippen LogP contribution is -2.35. The molecule has 0 spiro atoms. The summed E-state index contributed by atoms with van der Waals surface area (Å²) in [5.41, 5.74) is 10.5. The van der Waals surface area contributed by atoms with Gasteiger partial charge in [0.25, 0.3) is 0 Å². The molecule has 4 heteroatoms. The summed E-state index contributed by atoms with van der Waals surface area (Å²) in [6.07, 6.45) is 0.664. The molecule has 0 aliphatic carbocycles. The summed E-state index contributed by atoms with van der Waals surface area (Å²) in [6.45, 7) is 4.45. The molecule has 0 aliphatic heterocycles. The van der Waals surface area contributed by atoms with Crippen LogP contribution in [0.5, 0.6) is 0 Å². The lowest BCUT2D eigenvalue weighted by atomic mass is 10.5. The SMILES string of the molecule is CCCOCCOCC(N)N. The molecule has 0 saturated carbocycles. The van der Waals surface area contributed by atoms with Gasteiger partial charge in [-0.15, -0.1) is 0 Å². The van der Waals surface area contributed by atoms with E-state index in [9.17, 15) is 0 Å². The molecule has 0 saturated heterocycles. The number of hydrogen-bond donors (Lipinski definition) is 2. The van der Waals surface area contributed by atoms with Gasteiger partial charge in [0.1, 0.15) is 0 Å². The second-order valence-electron chi connectivity index (χ2n) is 2.35. The molecule has 0 radical (unpaired) electrons. The van der Waals surface area contributed by atoms with Gasteiger partial charge in [-0.25, -0.2) is 0 Å². The maximum absolute atomic E-state index is 5.25. The zero-order valence-electron chi connectivity index (χ0n) is 7.08. The van der Waals surface area contributed by atoms with E-state index in [1.165, 1.54) is 0 Å². The lowest BCUT2D eigenvalue weighted by Gasteiger charge is -2.06. The minimum absolute atomic E-state index is 0.374. The van der Waals surface area contributed by atoms with Crippen molar-refractivity contribution in [2.75, 3.05) is 26.4 Å². The van der Waals surface area contributed by atoms with E-state index in [1.54, 1.807) is 0 Å². The van der Waals surface area contributed by atoms with Crippen molar-refractivity contribution in [3.8, 4) is 0 Å². The third kappa shape index (κ3) is 9.84. The van der Waals surface area contributed by atoms with Gasteiger partial charge >= 0.3 is 0 Å². The van der Waals surface area contributed by atoms with Crippen LogP contribution >= 0.6 is 0 Å². The fourth-order valence-corrected chi connectivity index (χ4v) is 0.584. The third-order valence-corrected chi connectivity index (χ3v) is 1.03. The predicted octanol–water partition coefficient (Wildman–Crippen LogP) is -0.327. The van der Waals surface area contributed by atoms with Crippen LogP contribution in [0.4, 0.5) is 0 Å². The normalized spacial score (nSPS) is 10.9. The van der Waals surface area contributed by atoms with Crippen molar-refractivity contribution in [3.05, 3.63) is 0 Å². The molecule has 0 aromatic heterocycles. The van der Waals surface area contributed by atoms with E-state index in [4.69, 9.17) is 20.9 Å². The van der Waals surface area contributed by atoms with Gasteiger partial charge in [0, 0.05) is 6.61 Å². The molecule has 0 atom stereocenters. The van der Waals surface area contributed by atoms with Crippen molar-refractivity contribution in [2.45, 2.75) is 19.5 Å². The van der Waals surface area contributed by atoms with Crippen LogP contribution in [0.15, 0.2) is 0 Å². The van der Waals surface area contributed by atoms with E-state index in [2.05, 4.69) is 6.92 Å². The Bertz CT molecular complexity index is 78.8. The average molecular weight is 162 g/mol. The largest absolute Gasteiger partial charge is 0.379 e. The Morgan fingerprint density at radius 2 is 1.73 bits per heavy atom. The molecule has 0 fully saturated rings. The van der Waals surface area contributed by atoms with E-state index in [-0.39, 0.29) is 6.17 Å². The topological polar surface area (TPSA) is 70.5 Å². The Kier molecular flexibility index (Phi) is 7.83. The zero-order chi connectivity index (χ0) is 8.53. The van der Waals surface area contributed by atoms with Crippen LogP contribution in [-0.4, -0.2) is 32.6 Å². The van der Waals surface area contributed by atoms with Gasteiger partial charge < -0.3 is 20.9 Å². The van der Waals surface area contributed by atoms with E-state index in [0.29, 0.717) is 19.8 Å². The first kappa shape index (κ1) is 10.8. The lowest BCUT2D eigenvalue weighted by molar-refractivity contribution is 0.0434. The highest BCUT2D eigenvalue weighted by Crippen LogP contribution is 1.81. The molecule has 0 heterocycles. The Morgan fingerprint density at radius 1 is 1.09 bits per heavy atom. The van der Waals surface area contributed by atoms with Gasteiger partial charge in [0.2, 0.25) is 0 Å². The first-order valence-corrected chi connectivity index (χ1v) is 3.94. The number of nitrogens with two attached hydrogens (primary N) is 2. The monoisotopic (exact) mass is 162 g/mol. The predicted molar refractivity (Wildman–Crippen MR) is 44.1 cm³/mol. The summed E-state index contributed by atoms with van der Waals surface area (Å²) < 4.78 is 10.2. The van der Waals surface area contributed by atoms with Crippen LogP contribution in [-0.2, 0) is 9.47 Å². The van der Waals surface area contributed by atoms with Gasteiger partial charge in [-0.3, -0.25) is 0 Å². The molecule has 0 aromatic rings. The van der Waals surface area contributed by atoms with Crippen molar-refractivity contribution in [1.29, 1.82) is 0 Å². The summed E-state index contributed by atoms with van der Waals surface area (Å²) in [4.78, 5) is 0. The third-order valence-electron chi connectivity index (χ3n) is 1.03. The van der Waals surface area contributed by atoms with Crippen LogP contribution in [0.3, 0.4) is 0 Å². The van der Waals surface area contributed by atoms with E-state index < -0.39 is 0 Å². The Morgan fingerprint density at radius 3 is 2.27 bits per heavy atom. The Labute approximate surface area is 67.8 Å². The van der Waals surface area contributed by atoms with Crippen LogP contribution in [0.1, 0.15) is 13.3 Å². The van der Waals surface area contributed by atoms with Crippen molar-refractivity contribution in [3.63, 3.8) is 0 Å². The van der Waals surface area contributed by atoms with E-state index in [0.717, 1.165) is 13.0 Å². The smallest absolute Gasteiger partial charge is 0.0762 e. The molecule has 0 amide bonds. The molecule has 0 aromatic carbocycles. The second-order valence-corrected chi connectivity index (χ2v) is 2.35. The summed E-state index contributed by atoms with van der Waals surface area (Å²) in [5.74, 6) is 0. The molecule has 0 rings (SSSR count). The fraction of sp³-hybridized carbons (Fsp3) is 1.00. The standard InChI is InChI=1S/C7H18N2O2/c1-2-3-10-4-5-11-6-7(8)9/h7H,2-6,8-9H2,1H3. The van der Waals surface area contributed by atoms with Crippen LogP contribution in [0.25, 0.3) is 0 Å². The van der Waals surface area contributed by atoms with E-state index in [1.807, 2.05) is 0 Å². The maximum atomic E-state index is 5.25. The van der Waals surface area contributed by atoms with Gasteiger partial charge in [-0.1, -0.05) is 6.92 Å². The molecule has 0 bridgehead atoms. The Balaban J connectivity index is 2.80. The van der Waals surface area contributed by atoms with Gasteiger partial charge in [-0.2, -0.15) is 0 Å². The minimum atomic E-state index is -0.374. The van der Waals surface area contributed by atoms with Gasteiger partial charge in [0.05, 0.1) is 26.0 Å². The second kappa shape index (κ2) is 7.94. The van der Waals surface area contributed by atoms with Crippen LogP contribution in [0.2, 0.25) is 0 Å². The summed E-state index contributed by atoms with van der Waals surface area (Å²) in [5, 5.41) is 0. The quantitative estimate of drug-likeness (QED) is 0.397. The molecule has 68 valence electrons. The van der Waals surface area contributed by atoms with Gasteiger partial charge in [0.15, 0.2) is 0 Å². The number of ether oxygens (including phenoxy) is 2. The number of hydrogen-bond acceptors (Lipinski definition) is 4. The van der Waals surface area contributed by atoms with Crippen molar-refractivity contribution in [2.24, 2.45) is 11.5 Å². The maximum Gasteiger partial charge on any atom is 0.0762 e. The molecule has 4 nitrogen and oxygen atoms in total. The Hall–Kier alpha value is -0.160. The molecule has 0 aliphatic rings. The van der Waals surface area contributed by atoms with Crippen molar-refractivity contribution < 1.29 is 9.47 Å². The molecule has 4 N–H and O–H groups in total. The summed E-state index contributed by atoms with van der Waals surface area (Å²) in [6, 6.07) is 0. The highest BCUT2D eigenvalue weighted by Gasteiger charge is 1.92. The van der Waals surface area contributed by atoms with Crippen molar-refractivity contribution in [1.82, 2.24) is 0 Å².